The highest BCUT2D eigenvalue weighted by molar-refractivity contribution is 5.93. The van der Waals surface area contributed by atoms with Gasteiger partial charge >= 0.3 is 0 Å². The molecule has 72 valence electrons. The highest BCUT2D eigenvalue weighted by atomic mass is 16.5. The van der Waals surface area contributed by atoms with E-state index in [0.717, 1.165) is 0 Å². The van der Waals surface area contributed by atoms with E-state index in [2.05, 4.69) is 15.2 Å². The minimum Gasteiger partial charge on any atom is -0.394 e. The summed E-state index contributed by atoms with van der Waals surface area (Å²) in [6, 6.07) is 0. The molecule has 1 aromatic heterocycles. The first-order valence-electron chi connectivity index (χ1n) is 3.71. The van der Waals surface area contributed by atoms with Crippen molar-refractivity contribution in [2.75, 3.05) is 24.8 Å². The summed E-state index contributed by atoms with van der Waals surface area (Å²) in [4.78, 5) is 11.1. The molecule has 0 bridgehead atoms. The van der Waals surface area contributed by atoms with Crippen LogP contribution in [0.1, 0.15) is 0 Å². The van der Waals surface area contributed by atoms with E-state index < -0.39 is 0 Å². The molecular formula is C7H12N4O2. The number of nitrogens with two attached hydrogens (primary N) is 1. The Kier molecular flexibility index (Phi) is 2.86. The van der Waals surface area contributed by atoms with Crippen molar-refractivity contribution >= 4 is 17.4 Å². The highest BCUT2D eigenvalue weighted by Crippen LogP contribution is 2.15. The number of amides is 1. The van der Waals surface area contributed by atoms with Crippen LogP contribution in [-0.4, -0.2) is 29.4 Å². The maximum absolute atomic E-state index is 11.1. The van der Waals surface area contributed by atoms with E-state index in [4.69, 9.17) is 5.73 Å². The highest BCUT2D eigenvalue weighted by Gasteiger charge is 2.08. The molecule has 1 aromatic rings. The Morgan fingerprint density at radius 1 is 1.85 bits per heavy atom. The normalized spacial score (nSPS) is 10.0. The first kappa shape index (κ1) is 9.53. The Morgan fingerprint density at radius 2 is 2.54 bits per heavy atom. The number of aryl methyl sites for hydroxylation is 1. The zero-order valence-corrected chi connectivity index (χ0v) is 7.57. The fraction of sp³-hybridized carbons (Fsp3) is 0.429. The second-order valence-electron chi connectivity index (χ2n) is 2.55. The Hall–Kier alpha value is -1.56. The van der Waals surface area contributed by atoms with E-state index in [1.165, 1.54) is 18.0 Å². The van der Waals surface area contributed by atoms with Crippen molar-refractivity contribution in [2.24, 2.45) is 7.05 Å². The molecule has 0 aliphatic heterocycles. The Labute approximate surface area is 75.7 Å². The number of hydrogen-bond acceptors (Lipinski definition) is 4. The largest absolute Gasteiger partial charge is 0.394 e. The monoisotopic (exact) mass is 184 g/mol. The molecule has 13 heavy (non-hydrogen) atoms. The Bertz CT molecular complexity index is 288. The smallest absolute Gasteiger partial charge is 0.251 e. The molecule has 1 rings (SSSR count). The van der Waals surface area contributed by atoms with Gasteiger partial charge in [-0.2, -0.15) is 5.10 Å². The summed E-state index contributed by atoms with van der Waals surface area (Å²) in [6.45, 7) is 0.00458. The molecule has 0 spiro atoms. The van der Waals surface area contributed by atoms with Crippen LogP contribution in [0.4, 0.5) is 11.5 Å². The third kappa shape index (κ3) is 2.19. The van der Waals surface area contributed by atoms with Crippen molar-refractivity contribution in [1.82, 2.24) is 9.78 Å². The maximum atomic E-state index is 11.1. The number of ether oxygens (including phenoxy) is 1. The zero-order chi connectivity index (χ0) is 9.84. The van der Waals surface area contributed by atoms with Gasteiger partial charge in [-0.1, -0.05) is 0 Å². The molecule has 0 unspecified atom stereocenters. The number of rotatable bonds is 3. The Morgan fingerprint density at radius 3 is 3.00 bits per heavy atom. The summed E-state index contributed by atoms with van der Waals surface area (Å²) < 4.78 is 6.14. The SMILES string of the molecule is COCC(=O)Nc1c(N)cnn1C. The number of nitrogens with zero attached hydrogens (tertiary/aromatic N) is 2. The van der Waals surface area contributed by atoms with E-state index in [1.54, 1.807) is 7.05 Å². The number of nitrogens with one attached hydrogen (secondary N) is 1. The van der Waals surface area contributed by atoms with Gasteiger partial charge in [0, 0.05) is 14.2 Å². The molecule has 1 heterocycles. The molecule has 0 saturated carbocycles. The molecule has 6 heteroatoms. The summed E-state index contributed by atoms with van der Waals surface area (Å²) >= 11 is 0. The average Bonchev–Trinajstić information content (AvgIpc) is 2.36. The van der Waals surface area contributed by atoms with Crippen LogP contribution >= 0.6 is 0 Å². The lowest BCUT2D eigenvalue weighted by Crippen LogP contribution is -2.19. The van der Waals surface area contributed by atoms with Gasteiger partial charge in [0.25, 0.3) is 5.91 Å². The van der Waals surface area contributed by atoms with Crippen molar-refractivity contribution in [2.45, 2.75) is 0 Å². The molecule has 0 atom stereocenters. The lowest BCUT2D eigenvalue weighted by atomic mass is 10.5. The van der Waals surface area contributed by atoms with Crippen LogP contribution in [0.15, 0.2) is 6.20 Å². The first-order valence-corrected chi connectivity index (χ1v) is 3.71. The number of aromatic nitrogens is 2. The van der Waals surface area contributed by atoms with Gasteiger partial charge in [-0.05, 0) is 0 Å². The minimum absolute atomic E-state index is 0.00458. The van der Waals surface area contributed by atoms with Gasteiger partial charge in [0.05, 0.1) is 11.9 Å². The van der Waals surface area contributed by atoms with Crippen molar-refractivity contribution in [3.8, 4) is 0 Å². The molecule has 0 aliphatic carbocycles. The molecule has 0 fully saturated rings. The fourth-order valence-electron chi connectivity index (χ4n) is 0.907. The number of anilines is 2. The van der Waals surface area contributed by atoms with E-state index in [-0.39, 0.29) is 12.5 Å². The number of hydrogen-bond donors (Lipinski definition) is 2. The number of methoxy groups -OCH3 is 1. The molecule has 0 radical (unpaired) electrons. The predicted octanol–water partition coefficient (Wildman–Crippen LogP) is -0.413. The van der Waals surface area contributed by atoms with Gasteiger partial charge in [0.15, 0.2) is 5.82 Å². The molecule has 0 saturated heterocycles. The molecule has 0 aromatic carbocycles. The molecular weight excluding hydrogens is 172 g/mol. The lowest BCUT2D eigenvalue weighted by molar-refractivity contribution is -0.119. The van der Waals surface area contributed by atoms with Gasteiger partial charge in [-0.25, -0.2) is 0 Å². The van der Waals surface area contributed by atoms with E-state index in [0.29, 0.717) is 11.5 Å². The van der Waals surface area contributed by atoms with Crippen LogP contribution in [-0.2, 0) is 16.6 Å². The van der Waals surface area contributed by atoms with Crippen molar-refractivity contribution < 1.29 is 9.53 Å². The van der Waals surface area contributed by atoms with Crippen LogP contribution < -0.4 is 11.1 Å². The topological polar surface area (TPSA) is 82.2 Å². The van der Waals surface area contributed by atoms with Gasteiger partial charge in [0.2, 0.25) is 0 Å². The van der Waals surface area contributed by atoms with Crippen LogP contribution in [0, 0.1) is 0 Å². The summed E-state index contributed by atoms with van der Waals surface area (Å²) in [5, 5.41) is 6.44. The number of carbonyl (C=O) groups excluding carboxylic acids is 1. The number of carbonyl (C=O) groups is 1. The maximum Gasteiger partial charge on any atom is 0.251 e. The number of nitrogen functional groups attached to an aromatic ring is 1. The van der Waals surface area contributed by atoms with Crippen LogP contribution in [0.2, 0.25) is 0 Å². The third-order valence-electron chi connectivity index (χ3n) is 1.50. The van der Waals surface area contributed by atoms with E-state index in [9.17, 15) is 4.79 Å². The standard InChI is InChI=1S/C7H12N4O2/c1-11-7(5(8)3-9-11)10-6(12)4-13-2/h3H,4,8H2,1-2H3,(H,10,12). The van der Waals surface area contributed by atoms with E-state index in [1.807, 2.05) is 0 Å². The molecule has 1 amide bonds. The summed E-state index contributed by atoms with van der Waals surface area (Å²) in [5.41, 5.74) is 5.98. The quantitative estimate of drug-likeness (QED) is 0.668. The van der Waals surface area contributed by atoms with Crippen molar-refractivity contribution in [1.29, 1.82) is 0 Å². The van der Waals surface area contributed by atoms with Crippen molar-refractivity contribution in [3.05, 3.63) is 6.20 Å². The van der Waals surface area contributed by atoms with Crippen LogP contribution in [0.3, 0.4) is 0 Å². The van der Waals surface area contributed by atoms with Gasteiger partial charge in [-0.3, -0.25) is 9.48 Å². The van der Waals surface area contributed by atoms with E-state index >= 15 is 0 Å². The second kappa shape index (κ2) is 3.90. The third-order valence-corrected chi connectivity index (χ3v) is 1.50. The first-order chi connectivity index (χ1) is 6.15. The average molecular weight is 184 g/mol. The van der Waals surface area contributed by atoms with Gasteiger partial charge in [0.1, 0.15) is 6.61 Å². The summed E-state index contributed by atoms with van der Waals surface area (Å²) in [7, 11) is 3.14. The van der Waals surface area contributed by atoms with Crippen LogP contribution in [0.25, 0.3) is 0 Å². The minimum atomic E-state index is -0.252. The molecule has 3 N–H and O–H groups in total. The van der Waals surface area contributed by atoms with Crippen molar-refractivity contribution in [3.63, 3.8) is 0 Å². The van der Waals surface area contributed by atoms with Gasteiger partial charge in [-0.15, -0.1) is 0 Å². The van der Waals surface area contributed by atoms with Gasteiger partial charge < -0.3 is 15.8 Å². The zero-order valence-electron chi connectivity index (χ0n) is 7.57. The van der Waals surface area contributed by atoms with Crippen LogP contribution in [0.5, 0.6) is 0 Å². The summed E-state index contributed by atoms with van der Waals surface area (Å²) in [6.07, 6.45) is 1.47. The lowest BCUT2D eigenvalue weighted by Gasteiger charge is -2.04. The summed E-state index contributed by atoms with van der Waals surface area (Å²) in [5.74, 6) is 0.236. The molecule has 0 aliphatic rings. The predicted molar refractivity (Wildman–Crippen MR) is 48.1 cm³/mol. The Balaban J connectivity index is 2.68. The fourth-order valence-corrected chi connectivity index (χ4v) is 0.907. The molecule has 6 nitrogen and oxygen atoms in total. The second-order valence-corrected chi connectivity index (χ2v) is 2.55.